The Morgan fingerprint density at radius 2 is 1.69 bits per heavy atom. The van der Waals surface area contributed by atoms with Crippen LogP contribution in [0.4, 0.5) is 0 Å². The van der Waals surface area contributed by atoms with Crippen molar-refractivity contribution in [1.29, 1.82) is 0 Å². The van der Waals surface area contributed by atoms with E-state index in [1.807, 2.05) is 12.1 Å². The third-order valence-electron chi connectivity index (χ3n) is 6.60. The summed E-state index contributed by atoms with van der Waals surface area (Å²) in [4.78, 5) is 21.0. The van der Waals surface area contributed by atoms with Crippen LogP contribution in [0.25, 0.3) is 11.5 Å². The van der Waals surface area contributed by atoms with Crippen LogP contribution in [0.1, 0.15) is 17.0 Å². The van der Waals surface area contributed by atoms with E-state index in [-0.39, 0.29) is 11.6 Å². The van der Waals surface area contributed by atoms with Crippen molar-refractivity contribution in [2.24, 2.45) is 0 Å². The highest BCUT2D eigenvalue weighted by Gasteiger charge is 2.28. The zero-order chi connectivity index (χ0) is 28.2. The zero-order valence-electron chi connectivity index (χ0n) is 22.4. The zero-order valence-corrected chi connectivity index (χ0v) is 24.0. The first kappa shape index (κ1) is 28.7. The fourth-order valence-corrected chi connectivity index (χ4v) is 6.10. The molecule has 0 saturated carbocycles. The second-order valence-electron chi connectivity index (χ2n) is 9.18. The summed E-state index contributed by atoms with van der Waals surface area (Å²) in [6, 6.07) is 10.8. The maximum absolute atomic E-state index is 12.9. The van der Waals surface area contributed by atoms with Gasteiger partial charge in [-0.3, -0.25) is 9.69 Å². The number of nitrogens with zero attached hydrogens (tertiary/aromatic N) is 3. The predicted octanol–water partition coefficient (Wildman–Crippen LogP) is 3.59. The summed E-state index contributed by atoms with van der Waals surface area (Å²) in [7, 11) is 0.934. The van der Waals surface area contributed by atoms with Crippen molar-refractivity contribution in [3.8, 4) is 28.7 Å². The molecule has 3 aromatic rings. The number of hydrogen-bond acceptors (Lipinski definition) is 9. The van der Waals surface area contributed by atoms with Gasteiger partial charge in [0.1, 0.15) is 11.5 Å². The number of sulfone groups is 1. The summed E-state index contributed by atoms with van der Waals surface area (Å²) in [5.41, 5.74) is 1.77. The van der Waals surface area contributed by atoms with Crippen molar-refractivity contribution in [1.82, 2.24) is 14.8 Å². The van der Waals surface area contributed by atoms with Gasteiger partial charge in [0.25, 0.3) is 0 Å². The van der Waals surface area contributed by atoms with E-state index in [0.717, 1.165) is 5.56 Å². The smallest absolute Gasteiger partial charge is 0.237 e. The van der Waals surface area contributed by atoms with Crippen molar-refractivity contribution in [2.45, 2.75) is 19.2 Å². The lowest BCUT2D eigenvalue weighted by atomic mass is 10.1. The molecule has 1 amide bonds. The van der Waals surface area contributed by atoms with E-state index in [1.165, 1.54) is 0 Å². The van der Waals surface area contributed by atoms with Gasteiger partial charge in [0.2, 0.25) is 17.5 Å². The number of aromatic nitrogens is 1. The number of ether oxygens (including phenoxy) is 3. The number of methoxy groups -OCH3 is 3. The van der Waals surface area contributed by atoms with Gasteiger partial charge in [-0.1, -0.05) is 29.8 Å². The lowest BCUT2D eigenvalue weighted by Crippen LogP contribution is -2.49. The van der Waals surface area contributed by atoms with E-state index >= 15 is 0 Å². The molecule has 10 nitrogen and oxygen atoms in total. The number of benzene rings is 2. The van der Waals surface area contributed by atoms with E-state index in [2.05, 4.69) is 9.88 Å². The van der Waals surface area contributed by atoms with E-state index in [1.54, 1.807) is 57.4 Å². The second-order valence-corrected chi connectivity index (χ2v) is 11.7. The molecule has 0 aliphatic carbocycles. The molecule has 0 N–H and O–H groups in total. The number of carbonyl (C=O) groups is 1. The van der Waals surface area contributed by atoms with Crippen LogP contribution >= 0.6 is 11.6 Å². The summed E-state index contributed by atoms with van der Waals surface area (Å²) in [5, 5.41) is 0.451. The minimum atomic E-state index is -3.77. The van der Waals surface area contributed by atoms with E-state index in [9.17, 15) is 13.2 Å². The number of oxazole rings is 1. The predicted molar refractivity (Wildman–Crippen MR) is 147 cm³/mol. The Bertz CT molecular complexity index is 1430. The molecule has 0 radical (unpaired) electrons. The topological polar surface area (TPSA) is 111 Å². The molecule has 2 heterocycles. The van der Waals surface area contributed by atoms with Gasteiger partial charge in [0.05, 0.1) is 43.4 Å². The Morgan fingerprint density at radius 1 is 1.00 bits per heavy atom. The van der Waals surface area contributed by atoms with Crippen LogP contribution in [0.15, 0.2) is 40.8 Å². The van der Waals surface area contributed by atoms with Gasteiger partial charge in [0, 0.05) is 38.3 Å². The van der Waals surface area contributed by atoms with E-state index in [0.29, 0.717) is 66.3 Å². The van der Waals surface area contributed by atoms with Crippen molar-refractivity contribution < 1.29 is 31.8 Å². The first-order chi connectivity index (χ1) is 18.7. The van der Waals surface area contributed by atoms with Crippen LogP contribution in [0.2, 0.25) is 5.02 Å². The Labute approximate surface area is 233 Å². The summed E-state index contributed by atoms with van der Waals surface area (Å²) in [5.74, 6) is 0.917. The van der Waals surface area contributed by atoms with Gasteiger partial charge < -0.3 is 23.5 Å². The third-order valence-corrected chi connectivity index (χ3v) is 8.33. The van der Waals surface area contributed by atoms with Crippen LogP contribution in [0.5, 0.6) is 17.2 Å². The molecule has 1 saturated heterocycles. The normalized spacial score (nSPS) is 14.3. The SMILES string of the molecule is COc1ccc(CN2CCN(C(=O)CS(=O)(=O)Cc3nc(-c4ccccc4Cl)oc3C)CC2)c(OC)c1OC. The number of aryl methyl sites for hydroxylation is 1. The molecule has 0 bridgehead atoms. The molecule has 1 aliphatic heterocycles. The maximum Gasteiger partial charge on any atom is 0.237 e. The Balaban J connectivity index is 1.35. The summed E-state index contributed by atoms with van der Waals surface area (Å²) in [6.45, 7) is 4.25. The van der Waals surface area contributed by atoms with Gasteiger partial charge in [-0.05, 0) is 25.1 Å². The maximum atomic E-state index is 12.9. The minimum absolute atomic E-state index is 0.247. The van der Waals surface area contributed by atoms with Crippen molar-refractivity contribution in [2.75, 3.05) is 53.3 Å². The second kappa shape index (κ2) is 12.3. The molecular weight excluding hydrogens is 546 g/mol. The monoisotopic (exact) mass is 577 g/mol. The molecule has 0 unspecified atom stereocenters. The van der Waals surface area contributed by atoms with E-state index in [4.69, 9.17) is 30.2 Å². The van der Waals surface area contributed by atoms with Crippen LogP contribution in [0, 0.1) is 6.92 Å². The number of piperazine rings is 1. The van der Waals surface area contributed by atoms with Crippen LogP contribution in [0.3, 0.4) is 0 Å². The lowest BCUT2D eigenvalue weighted by molar-refractivity contribution is -0.130. The van der Waals surface area contributed by atoms with Gasteiger partial charge >= 0.3 is 0 Å². The van der Waals surface area contributed by atoms with Gasteiger partial charge in [-0.15, -0.1) is 0 Å². The molecule has 0 spiro atoms. The van der Waals surface area contributed by atoms with Crippen LogP contribution in [-0.4, -0.2) is 82.4 Å². The van der Waals surface area contributed by atoms with Gasteiger partial charge in [-0.25, -0.2) is 13.4 Å². The van der Waals surface area contributed by atoms with Crippen molar-refractivity contribution in [3.63, 3.8) is 0 Å². The standard InChI is InChI=1S/C27H32ClN3O7S/c1-18-22(29-27(38-18)20-7-5-6-8-21(20)28)16-39(33,34)17-24(32)31-13-11-30(12-14-31)15-19-9-10-23(35-2)26(37-4)25(19)36-3/h5-10H,11-17H2,1-4H3. The molecule has 1 aliphatic rings. The highest BCUT2D eigenvalue weighted by atomic mass is 35.5. The first-order valence-electron chi connectivity index (χ1n) is 12.3. The summed E-state index contributed by atoms with van der Waals surface area (Å²) >= 11 is 6.22. The molecule has 210 valence electrons. The van der Waals surface area contributed by atoms with Crippen LogP contribution < -0.4 is 14.2 Å². The van der Waals surface area contributed by atoms with Gasteiger partial charge in [-0.2, -0.15) is 0 Å². The lowest BCUT2D eigenvalue weighted by Gasteiger charge is -2.35. The first-order valence-corrected chi connectivity index (χ1v) is 14.5. The average Bonchev–Trinajstić information content (AvgIpc) is 3.27. The fourth-order valence-electron chi connectivity index (χ4n) is 4.53. The number of halogens is 1. The number of hydrogen-bond donors (Lipinski definition) is 0. The van der Waals surface area contributed by atoms with Gasteiger partial charge in [0.15, 0.2) is 21.3 Å². The van der Waals surface area contributed by atoms with Crippen LogP contribution in [-0.2, 0) is 26.9 Å². The Hall–Kier alpha value is -3.28. The quantitative estimate of drug-likeness (QED) is 0.357. The Morgan fingerprint density at radius 3 is 2.33 bits per heavy atom. The fraction of sp³-hybridized carbons (Fsp3) is 0.407. The van der Waals surface area contributed by atoms with E-state index < -0.39 is 27.3 Å². The van der Waals surface area contributed by atoms with Crippen molar-refractivity contribution >= 4 is 27.3 Å². The highest BCUT2D eigenvalue weighted by Crippen LogP contribution is 2.40. The molecule has 1 aromatic heterocycles. The molecule has 4 rings (SSSR count). The number of carbonyl (C=O) groups excluding carboxylic acids is 1. The highest BCUT2D eigenvalue weighted by molar-refractivity contribution is 7.91. The summed E-state index contributed by atoms with van der Waals surface area (Å²) < 4.78 is 47.9. The number of rotatable bonds is 10. The average molecular weight is 578 g/mol. The minimum Gasteiger partial charge on any atom is -0.493 e. The molecule has 12 heteroatoms. The summed E-state index contributed by atoms with van der Waals surface area (Å²) in [6.07, 6.45) is 0. The molecular formula is C27H32ClN3O7S. The third kappa shape index (κ3) is 6.66. The largest absolute Gasteiger partial charge is 0.493 e. The molecule has 2 aromatic carbocycles. The molecule has 39 heavy (non-hydrogen) atoms. The number of amides is 1. The van der Waals surface area contributed by atoms with Crippen molar-refractivity contribution in [3.05, 3.63) is 58.4 Å². The molecule has 1 fully saturated rings. The Kier molecular flexibility index (Phi) is 9.04. The molecule has 0 atom stereocenters.